The van der Waals surface area contributed by atoms with Crippen molar-refractivity contribution in [1.29, 1.82) is 0 Å². The number of amides is 3. The van der Waals surface area contributed by atoms with Gasteiger partial charge < -0.3 is 20.6 Å². The zero-order valence-electron chi connectivity index (χ0n) is 11.6. The monoisotopic (exact) mass is 283 g/mol. The van der Waals surface area contributed by atoms with E-state index in [1.807, 2.05) is 0 Å². The molecular formula is C13H21N3O4. The molecule has 2 aliphatic carbocycles. The van der Waals surface area contributed by atoms with E-state index in [1.54, 1.807) is 6.92 Å². The number of rotatable bonds is 7. The van der Waals surface area contributed by atoms with E-state index in [2.05, 4.69) is 10.6 Å². The third-order valence-electron chi connectivity index (χ3n) is 3.47. The van der Waals surface area contributed by atoms with Crippen molar-refractivity contribution in [1.82, 2.24) is 15.5 Å². The van der Waals surface area contributed by atoms with Gasteiger partial charge in [-0.15, -0.1) is 0 Å². The number of nitrogens with zero attached hydrogens (tertiary/aromatic N) is 1. The maximum Gasteiger partial charge on any atom is 0.318 e. The highest BCUT2D eigenvalue weighted by Crippen LogP contribution is 2.27. The minimum Gasteiger partial charge on any atom is -0.481 e. The van der Waals surface area contributed by atoms with Gasteiger partial charge in [0.1, 0.15) is 6.04 Å². The van der Waals surface area contributed by atoms with E-state index < -0.39 is 12.0 Å². The second-order valence-corrected chi connectivity index (χ2v) is 5.52. The smallest absolute Gasteiger partial charge is 0.318 e. The van der Waals surface area contributed by atoms with Gasteiger partial charge in [0.15, 0.2) is 0 Å². The fraction of sp³-hybridized carbons (Fsp3) is 0.769. The first kappa shape index (κ1) is 14.6. The highest BCUT2D eigenvalue weighted by atomic mass is 16.4. The van der Waals surface area contributed by atoms with Crippen LogP contribution in [0.2, 0.25) is 0 Å². The molecule has 0 saturated heterocycles. The van der Waals surface area contributed by atoms with Crippen LogP contribution in [0.5, 0.6) is 0 Å². The number of hydrogen-bond acceptors (Lipinski definition) is 3. The van der Waals surface area contributed by atoms with Crippen molar-refractivity contribution in [3.63, 3.8) is 0 Å². The minimum absolute atomic E-state index is 0.0768. The number of carboxylic acids is 1. The third kappa shape index (κ3) is 4.40. The summed E-state index contributed by atoms with van der Waals surface area (Å²) >= 11 is 0. The van der Waals surface area contributed by atoms with Crippen molar-refractivity contribution in [3.05, 3.63) is 0 Å². The number of nitrogens with one attached hydrogen (secondary N) is 2. The summed E-state index contributed by atoms with van der Waals surface area (Å²) in [6.07, 6.45) is 3.72. The summed E-state index contributed by atoms with van der Waals surface area (Å²) in [5.74, 6) is -1.11. The first-order valence-electron chi connectivity index (χ1n) is 7.06. The average Bonchev–Trinajstić information content (AvgIpc) is 3.22. The predicted octanol–water partition coefficient (Wildman–Crippen LogP) is 0.302. The Hall–Kier alpha value is -1.79. The molecule has 0 radical (unpaired) electrons. The summed E-state index contributed by atoms with van der Waals surface area (Å²) in [6, 6.07) is -0.581. The summed E-state index contributed by atoms with van der Waals surface area (Å²) in [4.78, 5) is 36.0. The second-order valence-electron chi connectivity index (χ2n) is 5.52. The quantitative estimate of drug-likeness (QED) is 0.626. The van der Waals surface area contributed by atoms with Gasteiger partial charge in [-0.2, -0.15) is 0 Å². The van der Waals surface area contributed by atoms with Crippen LogP contribution in [-0.4, -0.2) is 52.6 Å². The third-order valence-corrected chi connectivity index (χ3v) is 3.47. The Morgan fingerprint density at radius 3 is 2.40 bits per heavy atom. The van der Waals surface area contributed by atoms with Crippen LogP contribution in [0.15, 0.2) is 0 Å². The Bertz CT molecular complexity index is 404. The summed E-state index contributed by atoms with van der Waals surface area (Å²) in [5.41, 5.74) is 0. The molecule has 7 heteroatoms. The molecule has 2 fully saturated rings. The lowest BCUT2D eigenvalue weighted by atomic mass is 10.3. The zero-order chi connectivity index (χ0) is 14.7. The normalized spacial score (nSPS) is 19.1. The van der Waals surface area contributed by atoms with Crippen LogP contribution >= 0.6 is 0 Å². The molecular weight excluding hydrogens is 262 g/mol. The molecule has 7 nitrogen and oxygen atoms in total. The van der Waals surface area contributed by atoms with Crippen molar-refractivity contribution in [2.45, 2.75) is 57.2 Å². The topological polar surface area (TPSA) is 98.7 Å². The zero-order valence-corrected chi connectivity index (χ0v) is 11.6. The summed E-state index contributed by atoms with van der Waals surface area (Å²) in [5, 5.41) is 14.2. The van der Waals surface area contributed by atoms with Crippen LogP contribution in [0, 0.1) is 0 Å². The maximum atomic E-state index is 12.1. The van der Waals surface area contributed by atoms with E-state index in [-0.39, 0.29) is 37.0 Å². The van der Waals surface area contributed by atoms with Crippen LogP contribution in [0.25, 0.3) is 0 Å². The van der Waals surface area contributed by atoms with Crippen LogP contribution in [0.4, 0.5) is 4.79 Å². The van der Waals surface area contributed by atoms with E-state index in [0.29, 0.717) is 0 Å². The average molecular weight is 283 g/mol. The fourth-order valence-corrected chi connectivity index (χ4v) is 1.94. The minimum atomic E-state index is -0.928. The molecule has 112 valence electrons. The maximum absolute atomic E-state index is 12.1. The Balaban J connectivity index is 1.80. The fourth-order valence-electron chi connectivity index (χ4n) is 1.94. The summed E-state index contributed by atoms with van der Waals surface area (Å²) in [6.45, 7) is 1.82. The molecule has 3 amide bonds. The van der Waals surface area contributed by atoms with Crippen molar-refractivity contribution < 1.29 is 19.5 Å². The Labute approximate surface area is 117 Å². The molecule has 0 spiro atoms. The van der Waals surface area contributed by atoms with Gasteiger partial charge in [0.2, 0.25) is 5.91 Å². The largest absolute Gasteiger partial charge is 0.481 e. The molecule has 2 aliphatic rings. The molecule has 0 aromatic heterocycles. The molecule has 1 unspecified atom stereocenters. The molecule has 2 saturated carbocycles. The Morgan fingerprint density at radius 2 is 1.90 bits per heavy atom. The Kier molecular flexibility index (Phi) is 4.46. The molecule has 0 aliphatic heterocycles. The predicted molar refractivity (Wildman–Crippen MR) is 71.1 cm³/mol. The van der Waals surface area contributed by atoms with Gasteiger partial charge in [0, 0.05) is 18.6 Å². The van der Waals surface area contributed by atoms with Crippen molar-refractivity contribution in [2.24, 2.45) is 0 Å². The van der Waals surface area contributed by atoms with E-state index in [4.69, 9.17) is 5.11 Å². The van der Waals surface area contributed by atoms with Crippen LogP contribution in [0.3, 0.4) is 0 Å². The molecule has 1 atom stereocenters. The number of carbonyl (C=O) groups is 3. The highest BCUT2D eigenvalue weighted by Gasteiger charge is 2.34. The number of aliphatic carboxylic acids is 1. The lowest BCUT2D eigenvalue weighted by molar-refractivity contribution is -0.137. The van der Waals surface area contributed by atoms with Crippen molar-refractivity contribution in [3.8, 4) is 0 Å². The molecule has 0 aromatic rings. The van der Waals surface area contributed by atoms with Crippen molar-refractivity contribution in [2.75, 3.05) is 6.54 Å². The number of hydrogen-bond donors (Lipinski definition) is 3. The first-order chi connectivity index (χ1) is 9.47. The number of urea groups is 1. The standard InChI is InChI=1S/C13H21N3O4/c1-8(12(19)15-9-2-3-9)14-13(20)16(10-4-5-10)7-6-11(17)18/h8-10H,2-7H2,1H3,(H,14,20)(H,15,19)(H,17,18). The van der Waals surface area contributed by atoms with Gasteiger partial charge in [0.05, 0.1) is 6.42 Å². The SMILES string of the molecule is CC(NC(=O)N(CCC(=O)O)C1CC1)C(=O)NC1CC1. The second kappa shape index (κ2) is 6.11. The molecule has 0 bridgehead atoms. The van der Waals surface area contributed by atoms with Gasteiger partial charge in [0.25, 0.3) is 0 Å². The lowest BCUT2D eigenvalue weighted by Crippen LogP contribution is -2.51. The summed E-state index contributed by atoms with van der Waals surface area (Å²) < 4.78 is 0. The van der Waals surface area contributed by atoms with E-state index in [9.17, 15) is 14.4 Å². The molecule has 0 heterocycles. The van der Waals surface area contributed by atoms with E-state index in [0.717, 1.165) is 25.7 Å². The molecule has 3 N–H and O–H groups in total. The molecule has 20 heavy (non-hydrogen) atoms. The number of carboxylic acid groups (broad SMARTS) is 1. The van der Waals surface area contributed by atoms with Crippen LogP contribution in [0.1, 0.15) is 39.0 Å². The Morgan fingerprint density at radius 1 is 1.25 bits per heavy atom. The van der Waals surface area contributed by atoms with Crippen molar-refractivity contribution >= 4 is 17.9 Å². The van der Waals surface area contributed by atoms with Gasteiger partial charge in [-0.25, -0.2) is 4.79 Å². The van der Waals surface area contributed by atoms with Gasteiger partial charge >= 0.3 is 12.0 Å². The van der Waals surface area contributed by atoms with Crippen LogP contribution in [-0.2, 0) is 9.59 Å². The van der Waals surface area contributed by atoms with Crippen LogP contribution < -0.4 is 10.6 Å². The number of carbonyl (C=O) groups excluding carboxylic acids is 2. The van der Waals surface area contributed by atoms with E-state index in [1.165, 1.54) is 4.90 Å². The summed E-state index contributed by atoms with van der Waals surface area (Å²) in [7, 11) is 0. The van der Waals surface area contributed by atoms with Gasteiger partial charge in [-0.05, 0) is 32.6 Å². The molecule has 2 rings (SSSR count). The van der Waals surface area contributed by atoms with Gasteiger partial charge in [-0.3, -0.25) is 9.59 Å². The highest BCUT2D eigenvalue weighted by molar-refractivity contribution is 5.87. The lowest BCUT2D eigenvalue weighted by Gasteiger charge is -2.24. The van der Waals surface area contributed by atoms with E-state index >= 15 is 0 Å². The van der Waals surface area contributed by atoms with Gasteiger partial charge in [-0.1, -0.05) is 0 Å². The first-order valence-corrected chi connectivity index (χ1v) is 7.06. The molecule has 0 aromatic carbocycles.